The number of sulfonamides is 1. The van der Waals surface area contributed by atoms with Crippen molar-refractivity contribution in [3.05, 3.63) is 48.5 Å². The fraction of sp³-hybridized carbons (Fsp3) is 0.167. The molecule has 1 heterocycles. The van der Waals surface area contributed by atoms with Gasteiger partial charge >= 0.3 is 0 Å². The van der Waals surface area contributed by atoms with E-state index in [0.717, 1.165) is 11.9 Å². The van der Waals surface area contributed by atoms with E-state index in [9.17, 15) is 8.42 Å². The molecule has 1 aromatic carbocycles. The third-order valence-corrected chi connectivity index (χ3v) is 2.89. The van der Waals surface area contributed by atoms with E-state index in [1.165, 1.54) is 0 Å². The topological polar surface area (TPSA) is 84.0 Å². The Labute approximate surface area is 112 Å². The van der Waals surface area contributed by atoms with E-state index in [1.807, 2.05) is 6.07 Å². The Bertz CT molecular complexity index is 644. The van der Waals surface area contributed by atoms with Gasteiger partial charge in [-0.25, -0.2) is 8.42 Å². The van der Waals surface area contributed by atoms with Crippen LogP contribution < -0.4 is 10.0 Å². The van der Waals surface area contributed by atoms with Crippen molar-refractivity contribution < 1.29 is 8.42 Å². The van der Waals surface area contributed by atoms with Crippen molar-refractivity contribution >= 4 is 21.4 Å². The van der Waals surface area contributed by atoms with Gasteiger partial charge in [0.25, 0.3) is 0 Å². The normalized spacial score (nSPS) is 11.0. The highest BCUT2D eigenvalue weighted by Crippen LogP contribution is 2.22. The van der Waals surface area contributed by atoms with Crippen LogP contribution in [0.4, 0.5) is 11.4 Å². The number of para-hydroxylation sites is 2. The number of hydrogen-bond acceptors (Lipinski definition) is 5. The molecule has 1 aromatic heterocycles. The first kappa shape index (κ1) is 13.3. The maximum Gasteiger partial charge on any atom is 0.229 e. The fourth-order valence-corrected chi connectivity index (χ4v) is 2.11. The highest BCUT2D eigenvalue weighted by Gasteiger charge is 2.06. The molecule has 0 bridgehead atoms. The second-order valence-electron chi connectivity index (χ2n) is 3.97. The molecule has 2 aromatic rings. The summed E-state index contributed by atoms with van der Waals surface area (Å²) in [6.45, 7) is 0.469. The van der Waals surface area contributed by atoms with E-state index in [0.29, 0.717) is 17.9 Å². The Morgan fingerprint density at radius 3 is 2.53 bits per heavy atom. The minimum Gasteiger partial charge on any atom is -0.378 e. The second kappa shape index (κ2) is 5.66. The van der Waals surface area contributed by atoms with Crippen LogP contribution in [0.2, 0.25) is 0 Å². The molecule has 0 aliphatic rings. The Hall–Kier alpha value is -2.15. The molecule has 0 unspecified atom stereocenters. The van der Waals surface area contributed by atoms with E-state index in [4.69, 9.17) is 0 Å². The molecule has 0 saturated carbocycles. The largest absolute Gasteiger partial charge is 0.378 e. The molecule has 0 atom stereocenters. The molecule has 0 radical (unpaired) electrons. The van der Waals surface area contributed by atoms with Gasteiger partial charge in [0.1, 0.15) is 0 Å². The van der Waals surface area contributed by atoms with Crippen LogP contribution in [-0.2, 0) is 16.6 Å². The third-order valence-electron chi connectivity index (χ3n) is 2.30. The van der Waals surface area contributed by atoms with E-state index in [1.54, 1.807) is 36.8 Å². The van der Waals surface area contributed by atoms with Gasteiger partial charge in [0, 0.05) is 12.4 Å². The van der Waals surface area contributed by atoms with Gasteiger partial charge in [0.05, 0.1) is 36.1 Å². The lowest BCUT2D eigenvalue weighted by Gasteiger charge is -2.12. The van der Waals surface area contributed by atoms with Crippen molar-refractivity contribution in [1.82, 2.24) is 9.97 Å². The maximum absolute atomic E-state index is 11.3. The second-order valence-corrected chi connectivity index (χ2v) is 5.72. The Morgan fingerprint density at radius 2 is 1.89 bits per heavy atom. The summed E-state index contributed by atoms with van der Waals surface area (Å²) >= 11 is 0. The maximum atomic E-state index is 11.3. The molecule has 2 N–H and O–H groups in total. The van der Waals surface area contributed by atoms with Crippen LogP contribution in [0.1, 0.15) is 5.69 Å². The van der Waals surface area contributed by atoms with Crippen molar-refractivity contribution in [3.8, 4) is 0 Å². The molecule has 6 nitrogen and oxygen atoms in total. The molecular formula is C12H14N4O2S. The lowest BCUT2D eigenvalue weighted by Crippen LogP contribution is -2.12. The first-order valence-corrected chi connectivity index (χ1v) is 7.49. The summed E-state index contributed by atoms with van der Waals surface area (Å²) in [5.41, 5.74) is 1.98. The molecule has 0 spiro atoms. The number of hydrogen-bond donors (Lipinski definition) is 2. The number of nitrogens with one attached hydrogen (secondary N) is 2. The van der Waals surface area contributed by atoms with Crippen LogP contribution in [0, 0.1) is 0 Å². The summed E-state index contributed by atoms with van der Waals surface area (Å²) in [4.78, 5) is 8.10. The van der Waals surface area contributed by atoms with Crippen LogP contribution in [0.15, 0.2) is 42.9 Å². The lowest BCUT2D eigenvalue weighted by atomic mass is 10.2. The quantitative estimate of drug-likeness (QED) is 0.865. The number of anilines is 2. The first-order valence-electron chi connectivity index (χ1n) is 5.60. The summed E-state index contributed by atoms with van der Waals surface area (Å²) in [7, 11) is -3.30. The number of nitrogens with zero attached hydrogens (tertiary/aromatic N) is 2. The van der Waals surface area contributed by atoms with E-state index < -0.39 is 10.0 Å². The minimum absolute atomic E-state index is 0.469. The average Bonchev–Trinajstić information content (AvgIpc) is 2.37. The van der Waals surface area contributed by atoms with Gasteiger partial charge in [0.15, 0.2) is 0 Å². The number of aromatic nitrogens is 2. The number of rotatable bonds is 5. The molecule has 2 rings (SSSR count). The van der Waals surface area contributed by atoms with E-state index >= 15 is 0 Å². The highest BCUT2D eigenvalue weighted by molar-refractivity contribution is 7.92. The first-order chi connectivity index (χ1) is 9.04. The van der Waals surface area contributed by atoms with Crippen molar-refractivity contribution in [2.45, 2.75) is 6.54 Å². The highest BCUT2D eigenvalue weighted by atomic mass is 32.2. The van der Waals surface area contributed by atoms with Crippen LogP contribution in [0.5, 0.6) is 0 Å². The van der Waals surface area contributed by atoms with Gasteiger partial charge < -0.3 is 5.32 Å². The third kappa shape index (κ3) is 4.22. The van der Waals surface area contributed by atoms with Crippen molar-refractivity contribution in [1.29, 1.82) is 0 Å². The minimum atomic E-state index is -3.30. The Morgan fingerprint density at radius 1 is 1.16 bits per heavy atom. The van der Waals surface area contributed by atoms with Crippen molar-refractivity contribution in [3.63, 3.8) is 0 Å². The summed E-state index contributed by atoms with van der Waals surface area (Å²) < 4.78 is 25.0. The summed E-state index contributed by atoms with van der Waals surface area (Å²) in [6.07, 6.45) is 5.98. The monoisotopic (exact) mass is 278 g/mol. The van der Waals surface area contributed by atoms with Gasteiger partial charge in [-0.3, -0.25) is 14.7 Å². The Kier molecular flexibility index (Phi) is 3.96. The average molecular weight is 278 g/mol. The molecule has 100 valence electrons. The van der Waals surface area contributed by atoms with Crippen LogP contribution in [0.25, 0.3) is 0 Å². The summed E-state index contributed by atoms with van der Waals surface area (Å²) in [5, 5.41) is 3.12. The number of benzene rings is 1. The molecule has 19 heavy (non-hydrogen) atoms. The molecule has 0 aliphatic carbocycles. The summed E-state index contributed by atoms with van der Waals surface area (Å²) in [5.74, 6) is 0. The molecular weight excluding hydrogens is 264 g/mol. The van der Waals surface area contributed by atoms with Gasteiger partial charge in [-0.1, -0.05) is 12.1 Å². The van der Waals surface area contributed by atoms with E-state index in [-0.39, 0.29) is 0 Å². The molecule has 0 amide bonds. The van der Waals surface area contributed by atoms with Crippen molar-refractivity contribution in [2.24, 2.45) is 0 Å². The molecule has 0 fully saturated rings. The molecule has 0 aliphatic heterocycles. The Balaban J connectivity index is 2.12. The van der Waals surface area contributed by atoms with Gasteiger partial charge in [-0.2, -0.15) is 0 Å². The van der Waals surface area contributed by atoms with Crippen LogP contribution in [0.3, 0.4) is 0 Å². The molecule has 0 saturated heterocycles. The zero-order valence-electron chi connectivity index (χ0n) is 10.4. The molecule has 7 heteroatoms. The van der Waals surface area contributed by atoms with E-state index in [2.05, 4.69) is 20.0 Å². The SMILES string of the molecule is CS(=O)(=O)Nc1ccccc1NCc1cnccn1. The summed E-state index contributed by atoms with van der Waals surface area (Å²) in [6, 6.07) is 7.08. The van der Waals surface area contributed by atoms with Gasteiger partial charge in [0.2, 0.25) is 10.0 Å². The van der Waals surface area contributed by atoms with Crippen molar-refractivity contribution in [2.75, 3.05) is 16.3 Å². The predicted molar refractivity (Wildman–Crippen MR) is 74.3 cm³/mol. The lowest BCUT2D eigenvalue weighted by molar-refractivity contribution is 0.607. The van der Waals surface area contributed by atoms with Crippen LogP contribution >= 0.6 is 0 Å². The smallest absolute Gasteiger partial charge is 0.229 e. The van der Waals surface area contributed by atoms with Crippen LogP contribution in [-0.4, -0.2) is 24.6 Å². The zero-order valence-corrected chi connectivity index (χ0v) is 11.2. The van der Waals surface area contributed by atoms with Gasteiger partial charge in [-0.05, 0) is 12.1 Å². The van der Waals surface area contributed by atoms with Gasteiger partial charge in [-0.15, -0.1) is 0 Å². The fourth-order valence-electron chi connectivity index (χ4n) is 1.53. The standard InChI is InChI=1S/C12H14N4O2S/c1-19(17,18)16-12-5-3-2-4-11(12)15-9-10-8-13-6-7-14-10/h2-8,15-16H,9H2,1H3. The predicted octanol–water partition coefficient (Wildman–Crippen LogP) is 1.46. The zero-order chi connectivity index (χ0) is 13.7.